The van der Waals surface area contributed by atoms with Gasteiger partial charge in [-0.3, -0.25) is 4.79 Å². The van der Waals surface area contributed by atoms with Crippen molar-refractivity contribution < 1.29 is 40.6 Å². The Hall–Kier alpha value is -1.99. The first-order chi connectivity index (χ1) is 23.2. The minimum absolute atomic E-state index is 0.0675. The summed E-state index contributed by atoms with van der Waals surface area (Å²) in [5.74, 6) is 1.57. The Morgan fingerprint density at radius 2 is 1.10 bits per heavy atom. The summed E-state index contributed by atoms with van der Waals surface area (Å²) in [7, 11) is 0. The number of rotatable bonds is 9. The number of alkyl halides is 6. The van der Waals surface area contributed by atoms with E-state index in [4.69, 9.17) is 9.47 Å². The Morgan fingerprint density at radius 1 is 0.673 bits per heavy atom. The van der Waals surface area contributed by atoms with Gasteiger partial charge in [0.25, 0.3) is 0 Å². The lowest BCUT2D eigenvalue weighted by Crippen LogP contribution is -2.57. The van der Waals surface area contributed by atoms with Crippen LogP contribution in [0.1, 0.15) is 64.2 Å². The van der Waals surface area contributed by atoms with Gasteiger partial charge in [0.1, 0.15) is 16.9 Å². The van der Waals surface area contributed by atoms with Gasteiger partial charge in [0.15, 0.2) is 0 Å². The molecule has 0 aromatic heterocycles. The fourth-order valence-electron chi connectivity index (χ4n) is 7.12. The van der Waals surface area contributed by atoms with Crippen LogP contribution in [-0.4, -0.2) is 74.0 Å². The fourth-order valence-corrected chi connectivity index (χ4v) is 7.65. The number of hydrogen-bond acceptors (Lipinski definition) is 4. The standard InChI is InChI=1S/C18H21BrF3NO2.C18H23BrF3NO/c19-14-2-4-15(5-3-14)25-12-13-6-10-23(11-7-13)16(24)17(8-1-9-17)18(20,21)22;19-15-2-4-16(5-3-15)24-12-14-6-10-23(11-7-14)13-17(8-1-9-17)18(20,21)22/h2-5,13H,1,6-12H2;2-5,14H,1,6-13H2. The van der Waals surface area contributed by atoms with Gasteiger partial charge < -0.3 is 19.3 Å². The molecule has 2 saturated carbocycles. The van der Waals surface area contributed by atoms with Gasteiger partial charge in [0.2, 0.25) is 5.91 Å². The Morgan fingerprint density at radius 3 is 1.45 bits per heavy atom. The molecule has 1 amide bonds. The highest BCUT2D eigenvalue weighted by atomic mass is 79.9. The third-order valence-electron chi connectivity index (χ3n) is 10.8. The SMILES string of the molecule is FC(F)(F)C1(CN2CCC(COc3ccc(Br)cc3)CC2)CCC1.O=C(N1CCC(COc2ccc(Br)cc2)CC1)C1(C(F)(F)F)CCC1. The largest absolute Gasteiger partial charge is 0.493 e. The zero-order valence-corrected chi connectivity index (χ0v) is 30.6. The third-order valence-corrected chi connectivity index (χ3v) is 11.9. The first-order valence-electron chi connectivity index (χ1n) is 17.1. The van der Waals surface area contributed by atoms with Crippen LogP contribution in [0.25, 0.3) is 0 Å². The molecule has 6 rings (SSSR count). The number of amides is 1. The van der Waals surface area contributed by atoms with E-state index in [0.717, 1.165) is 46.4 Å². The summed E-state index contributed by atoms with van der Waals surface area (Å²) in [5, 5.41) is 0. The predicted octanol–water partition coefficient (Wildman–Crippen LogP) is 10.1. The third kappa shape index (κ3) is 9.47. The average molecular weight is 827 g/mol. The zero-order valence-electron chi connectivity index (χ0n) is 27.4. The van der Waals surface area contributed by atoms with E-state index >= 15 is 0 Å². The Kier molecular flexibility index (Phi) is 12.6. The molecule has 0 radical (unpaired) electrons. The monoisotopic (exact) mass is 824 g/mol. The Labute approximate surface area is 301 Å². The maximum atomic E-state index is 13.3. The van der Waals surface area contributed by atoms with Crippen LogP contribution in [0.15, 0.2) is 57.5 Å². The van der Waals surface area contributed by atoms with Crippen molar-refractivity contribution in [2.24, 2.45) is 22.7 Å². The number of piperidine rings is 2. The lowest BCUT2D eigenvalue weighted by molar-refractivity contribution is -0.256. The summed E-state index contributed by atoms with van der Waals surface area (Å²) < 4.78 is 93.3. The molecule has 4 fully saturated rings. The number of ether oxygens (including phenoxy) is 2. The van der Waals surface area contributed by atoms with Crippen molar-refractivity contribution in [3.8, 4) is 11.5 Å². The molecule has 2 aromatic carbocycles. The van der Waals surface area contributed by atoms with Crippen molar-refractivity contribution in [3.63, 3.8) is 0 Å². The molecule has 0 bridgehead atoms. The maximum absolute atomic E-state index is 13.3. The van der Waals surface area contributed by atoms with E-state index in [0.29, 0.717) is 70.7 Å². The molecule has 49 heavy (non-hydrogen) atoms. The van der Waals surface area contributed by atoms with Gasteiger partial charge >= 0.3 is 12.4 Å². The quantitative estimate of drug-likeness (QED) is 0.236. The number of halogens is 8. The normalized spacial score (nSPS) is 21.5. The van der Waals surface area contributed by atoms with E-state index in [1.165, 1.54) is 4.90 Å². The van der Waals surface area contributed by atoms with Crippen LogP contribution in [0.4, 0.5) is 26.3 Å². The van der Waals surface area contributed by atoms with Crippen LogP contribution in [0, 0.1) is 22.7 Å². The van der Waals surface area contributed by atoms with Gasteiger partial charge in [-0.15, -0.1) is 0 Å². The van der Waals surface area contributed by atoms with Crippen LogP contribution in [0.5, 0.6) is 11.5 Å². The van der Waals surface area contributed by atoms with Gasteiger partial charge in [-0.2, -0.15) is 26.3 Å². The highest BCUT2D eigenvalue weighted by Gasteiger charge is 2.64. The van der Waals surface area contributed by atoms with Crippen LogP contribution in [0.2, 0.25) is 0 Å². The van der Waals surface area contributed by atoms with Crippen LogP contribution < -0.4 is 9.47 Å². The highest BCUT2D eigenvalue weighted by Crippen LogP contribution is 2.55. The van der Waals surface area contributed by atoms with Gasteiger partial charge in [-0.1, -0.05) is 44.7 Å². The van der Waals surface area contributed by atoms with Crippen molar-refractivity contribution in [1.29, 1.82) is 0 Å². The van der Waals surface area contributed by atoms with Crippen LogP contribution >= 0.6 is 31.9 Å². The predicted molar refractivity (Wildman–Crippen MR) is 182 cm³/mol. The summed E-state index contributed by atoms with van der Waals surface area (Å²) in [4.78, 5) is 15.8. The van der Waals surface area contributed by atoms with E-state index < -0.39 is 29.1 Å². The number of benzene rings is 2. The zero-order chi connectivity index (χ0) is 35.3. The molecule has 0 unspecified atom stereocenters. The molecule has 0 N–H and O–H groups in total. The molecule has 4 aliphatic rings. The summed E-state index contributed by atoms with van der Waals surface area (Å²) >= 11 is 6.75. The number of likely N-dealkylation sites (tertiary alicyclic amines) is 2. The second-order valence-electron chi connectivity index (χ2n) is 14.1. The molecule has 272 valence electrons. The van der Waals surface area contributed by atoms with Crippen molar-refractivity contribution in [2.45, 2.75) is 76.6 Å². The first-order valence-corrected chi connectivity index (χ1v) is 18.7. The second kappa shape index (κ2) is 16.1. The minimum Gasteiger partial charge on any atom is -0.493 e. The number of nitrogens with zero attached hydrogens (tertiary/aromatic N) is 2. The smallest absolute Gasteiger partial charge is 0.403 e. The molecular formula is C36H44Br2F6N2O3. The summed E-state index contributed by atoms with van der Waals surface area (Å²) in [6.07, 6.45) is -3.70. The van der Waals surface area contributed by atoms with Crippen molar-refractivity contribution >= 4 is 37.8 Å². The molecule has 2 aliphatic heterocycles. The minimum atomic E-state index is -4.44. The number of carbonyl (C=O) groups excluding carboxylic acids is 1. The van der Waals surface area contributed by atoms with E-state index in [1.807, 2.05) is 53.4 Å². The second-order valence-corrected chi connectivity index (χ2v) is 15.9. The average Bonchev–Trinajstić information content (AvgIpc) is 3.01. The van der Waals surface area contributed by atoms with E-state index in [-0.39, 0.29) is 25.3 Å². The van der Waals surface area contributed by atoms with Gasteiger partial charge in [-0.25, -0.2) is 0 Å². The molecule has 2 saturated heterocycles. The Bertz CT molecular complexity index is 1350. The number of carbonyl (C=O) groups is 1. The van der Waals surface area contributed by atoms with Gasteiger partial charge in [0, 0.05) is 28.6 Å². The Balaban J connectivity index is 0.000000191. The molecule has 13 heteroatoms. The topological polar surface area (TPSA) is 42.0 Å². The fraction of sp³-hybridized carbons (Fsp3) is 0.639. The maximum Gasteiger partial charge on any atom is 0.403 e. The number of hydrogen-bond donors (Lipinski definition) is 0. The van der Waals surface area contributed by atoms with Crippen molar-refractivity contribution in [1.82, 2.24) is 9.80 Å². The van der Waals surface area contributed by atoms with Crippen LogP contribution in [-0.2, 0) is 4.79 Å². The lowest BCUT2D eigenvalue weighted by atomic mass is 9.67. The molecule has 2 aromatic rings. The van der Waals surface area contributed by atoms with Gasteiger partial charge in [0.05, 0.1) is 18.6 Å². The molecule has 5 nitrogen and oxygen atoms in total. The lowest BCUT2D eigenvalue weighted by Gasteiger charge is -2.47. The first kappa shape index (κ1) is 38.2. The molecular weight excluding hydrogens is 782 g/mol. The van der Waals surface area contributed by atoms with Gasteiger partial charge in [-0.05, 0) is 125 Å². The van der Waals surface area contributed by atoms with Crippen molar-refractivity contribution in [3.05, 3.63) is 57.5 Å². The highest BCUT2D eigenvalue weighted by molar-refractivity contribution is 9.10. The van der Waals surface area contributed by atoms with E-state index in [9.17, 15) is 31.1 Å². The summed E-state index contributed by atoms with van der Waals surface area (Å²) in [5.41, 5.74) is -3.55. The van der Waals surface area contributed by atoms with E-state index in [1.54, 1.807) is 0 Å². The van der Waals surface area contributed by atoms with E-state index in [2.05, 4.69) is 31.9 Å². The molecule has 2 heterocycles. The molecule has 0 atom stereocenters. The van der Waals surface area contributed by atoms with Crippen LogP contribution in [0.3, 0.4) is 0 Å². The van der Waals surface area contributed by atoms with Crippen molar-refractivity contribution in [2.75, 3.05) is 45.9 Å². The summed E-state index contributed by atoms with van der Waals surface area (Å²) in [6, 6.07) is 15.2. The summed E-state index contributed by atoms with van der Waals surface area (Å²) in [6.45, 7) is 3.58. The molecule has 2 aliphatic carbocycles. The molecule has 0 spiro atoms.